The molecule has 7 heteroatoms. The first kappa shape index (κ1) is 21.4. The summed E-state index contributed by atoms with van der Waals surface area (Å²) in [7, 11) is 0. The molecule has 6 nitrogen and oxygen atoms in total. The van der Waals surface area contributed by atoms with Crippen LogP contribution in [-0.4, -0.2) is 24.9 Å². The van der Waals surface area contributed by atoms with Crippen LogP contribution in [0.5, 0.6) is 23.0 Å². The van der Waals surface area contributed by atoms with E-state index in [0.29, 0.717) is 11.8 Å². The number of aromatic nitrogens is 1. The molecule has 0 fully saturated rings. The number of halogens is 1. The molecular formula is C26H24ClN3O3. The second-order valence-electron chi connectivity index (χ2n) is 7.70. The summed E-state index contributed by atoms with van der Waals surface area (Å²) in [5.74, 6) is 3.15. The largest absolute Gasteiger partial charge is 0.457 e. The molecule has 1 aliphatic heterocycles. The molecule has 2 N–H and O–H groups in total. The van der Waals surface area contributed by atoms with Gasteiger partial charge in [-0.1, -0.05) is 23.7 Å². The minimum Gasteiger partial charge on any atom is -0.457 e. The summed E-state index contributed by atoms with van der Waals surface area (Å²) in [6.45, 7) is 2.79. The van der Waals surface area contributed by atoms with Crippen LogP contribution >= 0.6 is 11.6 Å². The topological polar surface area (TPSA) is 64.6 Å². The van der Waals surface area contributed by atoms with E-state index in [9.17, 15) is 0 Å². The summed E-state index contributed by atoms with van der Waals surface area (Å²) in [6, 6.07) is 21.2. The van der Waals surface area contributed by atoms with Crippen molar-refractivity contribution in [2.24, 2.45) is 0 Å². The van der Waals surface area contributed by atoms with Crippen molar-refractivity contribution in [2.75, 3.05) is 25.2 Å². The molecule has 1 aliphatic rings. The van der Waals surface area contributed by atoms with Crippen molar-refractivity contribution < 1.29 is 14.2 Å². The number of anilines is 1. The van der Waals surface area contributed by atoms with Gasteiger partial charge in [0.05, 0.1) is 5.52 Å². The Labute approximate surface area is 197 Å². The maximum absolute atomic E-state index is 5.94. The highest BCUT2D eigenvalue weighted by Gasteiger charge is 2.16. The van der Waals surface area contributed by atoms with Gasteiger partial charge in [0.1, 0.15) is 11.5 Å². The zero-order chi connectivity index (χ0) is 22.5. The predicted molar refractivity (Wildman–Crippen MR) is 131 cm³/mol. The van der Waals surface area contributed by atoms with E-state index in [2.05, 4.69) is 21.7 Å². The lowest BCUT2D eigenvalue weighted by Crippen LogP contribution is -2.18. The van der Waals surface area contributed by atoms with Crippen LogP contribution in [0.2, 0.25) is 5.02 Å². The van der Waals surface area contributed by atoms with Crippen LogP contribution in [0, 0.1) is 0 Å². The van der Waals surface area contributed by atoms with E-state index in [-0.39, 0.29) is 0 Å². The molecule has 0 spiro atoms. The molecule has 0 unspecified atom stereocenters. The van der Waals surface area contributed by atoms with Gasteiger partial charge in [-0.05, 0) is 61.5 Å². The number of hydrogen-bond donors (Lipinski definition) is 2. The van der Waals surface area contributed by atoms with Gasteiger partial charge in [-0.2, -0.15) is 0 Å². The van der Waals surface area contributed by atoms with Crippen molar-refractivity contribution in [2.45, 2.75) is 13.0 Å². The molecule has 0 atom stereocenters. The lowest BCUT2D eigenvalue weighted by Gasteiger charge is -2.12. The number of pyridine rings is 1. The normalized spacial score (nSPS) is 12.2. The van der Waals surface area contributed by atoms with Gasteiger partial charge in [-0.3, -0.25) is 4.98 Å². The summed E-state index contributed by atoms with van der Waals surface area (Å²) in [6.07, 6.45) is 2.79. The molecule has 168 valence electrons. The van der Waals surface area contributed by atoms with E-state index >= 15 is 0 Å². The first-order valence-corrected chi connectivity index (χ1v) is 11.3. The minimum absolute atomic E-state index is 0.297. The Kier molecular flexibility index (Phi) is 6.46. The van der Waals surface area contributed by atoms with E-state index in [1.54, 1.807) is 0 Å². The molecule has 0 aliphatic carbocycles. The molecule has 33 heavy (non-hydrogen) atoms. The minimum atomic E-state index is 0.297. The smallest absolute Gasteiger partial charge is 0.231 e. The number of nitrogens with zero attached hydrogens (tertiary/aromatic N) is 1. The monoisotopic (exact) mass is 461 g/mol. The number of nitrogens with one attached hydrogen (secondary N) is 2. The number of benzene rings is 3. The zero-order valence-corrected chi connectivity index (χ0v) is 18.8. The molecule has 0 saturated heterocycles. The van der Waals surface area contributed by atoms with E-state index < -0.39 is 0 Å². The van der Waals surface area contributed by atoms with Crippen molar-refractivity contribution in [3.63, 3.8) is 0 Å². The lowest BCUT2D eigenvalue weighted by molar-refractivity contribution is 0.173. The Morgan fingerprint density at radius 2 is 1.82 bits per heavy atom. The van der Waals surface area contributed by atoms with Crippen LogP contribution in [0.15, 0.2) is 72.9 Å². The maximum Gasteiger partial charge on any atom is 0.231 e. The summed E-state index contributed by atoms with van der Waals surface area (Å²) in [5, 5.41) is 8.74. The lowest BCUT2D eigenvalue weighted by atomic mass is 10.1. The first-order valence-electron chi connectivity index (χ1n) is 10.9. The Balaban J connectivity index is 1.13. The second kappa shape index (κ2) is 9.98. The average molecular weight is 462 g/mol. The van der Waals surface area contributed by atoms with Gasteiger partial charge in [-0.15, -0.1) is 0 Å². The Bertz CT molecular complexity index is 1250. The van der Waals surface area contributed by atoms with E-state index in [4.69, 9.17) is 25.8 Å². The third kappa shape index (κ3) is 5.13. The van der Waals surface area contributed by atoms with E-state index in [1.807, 2.05) is 66.9 Å². The van der Waals surface area contributed by atoms with Gasteiger partial charge >= 0.3 is 0 Å². The standard InChI is InChI=1S/C26H24ClN3O3/c27-19-5-7-20(8-6-19)33-21-9-10-22-23(11-14-30-24(22)15-21)29-13-2-12-28-16-18-3-1-4-25-26(18)32-17-31-25/h1,3-11,14-15,28H,2,12-13,16-17H2,(H,29,30). The van der Waals surface area contributed by atoms with Crippen LogP contribution in [0.3, 0.4) is 0 Å². The SMILES string of the molecule is Clc1ccc(Oc2ccc3c(NCCCNCc4cccc5c4OCO5)ccnc3c2)cc1. The number of fused-ring (bicyclic) bond motifs is 2. The van der Waals surface area contributed by atoms with E-state index in [0.717, 1.165) is 71.2 Å². The fourth-order valence-corrected chi connectivity index (χ4v) is 3.90. The molecule has 0 radical (unpaired) electrons. The Hall–Kier alpha value is -3.48. The fourth-order valence-electron chi connectivity index (χ4n) is 3.77. The zero-order valence-electron chi connectivity index (χ0n) is 18.0. The molecule has 3 aromatic carbocycles. The summed E-state index contributed by atoms with van der Waals surface area (Å²) in [5.41, 5.74) is 3.06. The van der Waals surface area contributed by atoms with Gasteiger partial charge < -0.3 is 24.8 Å². The third-order valence-electron chi connectivity index (χ3n) is 5.40. The highest BCUT2D eigenvalue weighted by molar-refractivity contribution is 6.30. The summed E-state index contributed by atoms with van der Waals surface area (Å²) < 4.78 is 16.9. The van der Waals surface area contributed by atoms with Crippen molar-refractivity contribution in [3.05, 3.63) is 83.5 Å². The average Bonchev–Trinajstić information content (AvgIpc) is 3.32. The molecule has 4 aromatic rings. The molecule has 0 saturated carbocycles. The molecule has 0 bridgehead atoms. The Morgan fingerprint density at radius 3 is 2.73 bits per heavy atom. The van der Waals surface area contributed by atoms with Gasteiger partial charge in [-0.25, -0.2) is 0 Å². The van der Waals surface area contributed by atoms with E-state index in [1.165, 1.54) is 0 Å². The molecule has 2 heterocycles. The number of hydrogen-bond acceptors (Lipinski definition) is 6. The van der Waals surface area contributed by atoms with Gasteiger partial charge in [0.25, 0.3) is 0 Å². The third-order valence-corrected chi connectivity index (χ3v) is 5.65. The number of ether oxygens (including phenoxy) is 3. The molecular weight excluding hydrogens is 438 g/mol. The van der Waals surface area contributed by atoms with Crippen LogP contribution in [0.25, 0.3) is 10.9 Å². The first-order chi connectivity index (χ1) is 16.3. The second-order valence-corrected chi connectivity index (χ2v) is 8.14. The van der Waals surface area contributed by atoms with Crippen LogP contribution < -0.4 is 24.8 Å². The highest BCUT2D eigenvalue weighted by Crippen LogP contribution is 2.35. The van der Waals surface area contributed by atoms with Crippen molar-refractivity contribution in [1.29, 1.82) is 0 Å². The quantitative estimate of drug-likeness (QED) is 0.298. The predicted octanol–water partition coefficient (Wildman–Crippen LogP) is 6.00. The molecule has 0 amide bonds. The van der Waals surface area contributed by atoms with Gasteiger partial charge in [0.15, 0.2) is 11.5 Å². The highest BCUT2D eigenvalue weighted by atomic mass is 35.5. The summed E-state index contributed by atoms with van der Waals surface area (Å²) in [4.78, 5) is 4.50. The summed E-state index contributed by atoms with van der Waals surface area (Å²) >= 11 is 5.94. The molecule has 5 rings (SSSR count). The Morgan fingerprint density at radius 1 is 0.939 bits per heavy atom. The number of para-hydroxylation sites is 1. The van der Waals surface area contributed by atoms with Gasteiger partial charge in [0, 0.05) is 47.0 Å². The maximum atomic E-state index is 5.94. The number of rotatable bonds is 9. The van der Waals surface area contributed by atoms with Crippen LogP contribution in [0.4, 0.5) is 5.69 Å². The van der Waals surface area contributed by atoms with Crippen LogP contribution in [0.1, 0.15) is 12.0 Å². The van der Waals surface area contributed by atoms with Crippen molar-refractivity contribution >= 4 is 28.2 Å². The van der Waals surface area contributed by atoms with Crippen molar-refractivity contribution in [3.8, 4) is 23.0 Å². The van der Waals surface area contributed by atoms with Crippen LogP contribution in [-0.2, 0) is 6.54 Å². The molecule has 1 aromatic heterocycles. The van der Waals surface area contributed by atoms with Gasteiger partial charge in [0.2, 0.25) is 6.79 Å². The fraction of sp³-hybridized carbons (Fsp3) is 0.192. The van der Waals surface area contributed by atoms with Crippen molar-refractivity contribution in [1.82, 2.24) is 10.3 Å².